The predicted octanol–water partition coefficient (Wildman–Crippen LogP) is 5.04. The standard InChI is InChI=1S/C21H15FNO/c1-12-6-7-13-4-3-5-17-20(13)19(12)21-18(24-17)11-14-10-15(22)8-9-16(14)23(21)2/h3-11H,1-2H3/q+1. The number of hydrogen-bond acceptors (Lipinski definition) is 1. The van der Waals surface area contributed by atoms with Crippen LogP contribution in [0.5, 0.6) is 11.5 Å². The van der Waals surface area contributed by atoms with Gasteiger partial charge >= 0.3 is 0 Å². The first-order valence-electron chi connectivity index (χ1n) is 7.96. The number of benzene rings is 3. The van der Waals surface area contributed by atoms with Crippen LogP contribution in [0.1, 0.15) is 5.56 Å². The summed E-state index contributed by atoms with van der Waals surface area (Å²) in [5.41, 5.74) is 4.42. The molecule has 1 aliphatic heterocycles. The van der Waals surface area contributed by atoms with Gasteiger partial charge in [0.25, 0.3) is 5.69 Å². The summed E-state index contributed by atoms with van der Waals surface area (Å²) in [6.45, 7) is 2.12. The molecule has 3 aromatic carbocycles. The number of hydrogen-bond donors (Lipinski definition) is 0. The molecule has 0 bridgehead atoms. The number of aromatic nitrogens is 1. The van der Waals surface area contributed by atoms with E-state index in [9.17, 15) is 4.39 Å². The van der Waals surface area contributed by atoms with Crippen molar-refractivity contribution in [1.82, 2.24) is 0 Å². The Kier molecular flexibility index (Phi) is 2.55. The molecule has 5 rings (SSSR count). The van der Waals surface area contributed by atoms with Crippen molar-refractivity contribution in [3.8, 4) is 22.8 Å². The van der Waals surface area contributed by atoms with Gasteiger partial charge < -0.3 is 4.74 Å². The topological polar surface area (TPSA) is 13.1 Å². The molecule has 0 radical (unpaired) electrons. The van der Waals surface area contributed by atoms with Crippen molar-refractivity contribution in [3.63, 3.8) is 0 Å². The lowest BCUT2D eigenvalue weighted by Gasteiger charge is -2.21. The van der Waals surface area contributed by atoms with Crippen LogP contribution in [0.2, 0.25) is 0 Å². The summed E-state index contributed by atoms with van der Waals surface area (Å²) in [5, 5.41) is 3.14. The van der Waals surface area contributed by atoms with Gasteiger partial charge in [0.1, 0.15) is 18.6 Å². The highest BCUT2D eigenvalue weighted by Gasteiger charge is 2.30. The maximum absolute atomic E-state index is 13.6. The zero-order valence-electron chi connectivity index (χ0n) is 13.4. The zero-order valence-corrected chi connectivity index (χ0v) is 13.4. The first kappa shape index (κ1) is 13.5. The summed E-state index contributed by atoms with van der Waals surface area (Å²) in [6.07, 6.45) is 0. The Balaban J connectivity index is 1.99. The second kappa shape index (κ2) is 4.54. The van der Waals surface area contributed by atoms with Crippen LogP contribution in [0.25, 0.3) is 32.9 Å². The van der Waals surface area contributed by atoms with Crippen molar-refractivity contribution < 1.29 is 13.7 Å². The third-order valence-electron chi connectivity index (χ3n) is 4.88. The van der Waals surface area contributed by atoms with Crippen LogP contribution in [0.15, 0.2) is 54.6 Å². The minimum Gasteiger partial charge on any atom is -0.450 e. The van der Waals surface area contributed by atoms with Gasteiger partial charge in [-0.3, -0.25) is 0 Å². The molecule has 2 nitrogen and oxygen atoms in total. The van der Waals surface area contributed by atoms with Crippen LogP contribution < -0.4 is 9.30 Å². The third-order valence-corrected chi connectivity index (χ3v) is 4.88. The molecule has 0 fully saturated rings. The summed E-state index contributed by atoms with van der Waals surface area (Å²) >= 11 is 0. The van der Waals surface area contributed by atoms with Crippen LogP contribution in [0.4, 0.5) is 4.39 Å². The van der Waals surface area contributed by atoms with Gasteiger partial charge in [-0.05, 0) is 36.1 Å². The van der Waals surface area contributed by atoms with Gasteiger partial charge in [0.05, 0.1) is 10.9 Å². The van der Waals surface area contributed by atoms with Gasteiger partial charge in [-0.2, -0.15) is 4.57 Å². The number of rotatable bonds is 0. The molecule has 0 spiro atoms. The van der Waals surface area contributed by atoms with Crippen molar-refractivity contribution >= 4 is 21.7 Å². The van der Waals surface area contributed by atoms with Crippen LogP contribution in [-0.2, 0) is 7.05 Å². The van der Waals surface area contributed by atoms with Gasteiger partial charge in [0.15, 0.2) is 5.75 Å². The van der Waals surface area contributed by atoms with Gasteiger partial charge in [0, 0.05) is 17.5 Å². The van der Waals surface area contributed by atoms with Crippen LogP contribution in [-0.4, -0.2) is 0 Å². The summed E-state index contributed by atoms with van der Waals surface area (Å²) < 4.78 is 21.9. The third kappa shape index (κ3) is 1.67. The second-order valence-corrected chi connectivity index (χ2v) is 6.33. The monoisotopic (exact) mass is 316 g/mol. The zero-order chi connectivity index (χ0) is 16.4. The maximum atomic E-state index is 13.6. The van der Waals surface area contributed by atoms with Crippen molar-refractivity contribution in [2.24, 2.45) is 7.05 Å². The molecule has 1 aliphatic rings. The lowest BCUT2D eigenvalue weighted by atomic mass is 9.93. The van der Waals surface area contributed by atoms with Gasteiger partial charge in [0.2, 0.25) is 5.52 Å². The Bertz CT molecular complexity index is 1160. The molecule has 24 heavy (non-hydrogen) atoms. The quantitative estimate of drug-likeness (QED) is 0.365. The predicted molar refractivity (Wildman–Crippen MR) is 92.8 cm³/mol. The normalized spacial score (nSPS) is 12.3. The summed E-state index contributed by atoms with van der Waals surface area (Å²) in [4.78, 5) is 0. The van der Waals surface area contributed by atoms with E-state index in [1.165, 1.54) is 17.2 Å². The fraction of sp³-hybridized carbons (Fsp3) is 0.0952. The molecule has 1 aromatic heterocycles. The maximum Gasteiger partial charge on any atom is 0.256 e. The fourth-order valence-corrected chi connectivity index (χ4v) is 3.77. The van der Waals surface area contributed by atoms with Gasteiger partial charge in [-0.25, -0.2) is 4.39 Å². The lowest BCUT2D eigenvalue weighted by molar-refractivity contribution is -0.633. The molecule has 0 aliphatic carbocycles. The largest absolute Gasteiger partial charge is 0.450 e. The number of fused-ring (bicyclic) bond motifs is 3. The molecule has 0 saturated carbocycles. The lowest BCUT2D eigenvalue weighted by Crippen LogP contribution is -2.33. The highest BCUT2D eigenvalue weighted by atomic mass is 19.1. The minimum atomic E-state index is -0.239. The summed E-state index contributed by atoms with van der Waals surface area (Å²) in [6, 6.07) is 17.2. The molecule has 4 aromatic rings. The Labute approximate surface area is 138 Å². The molecule has 0 saturated heterocycles. The van der Waals surface area contributed by atoms with Crippen molar-refractivity contribution in [3.05, 3.63) is 66.0 Å². The number of halogens is 1. The minimum absolute atomic E-state index is 0.239. The van der Waals surface area contributed by atoms with E-state index in [1.54, 1.807) is 6.07 Å². The van der Waals surface area contributed by atoms with Gasteiger partial charge in [-0.15, -0.1) is 0 Å². The van der Waals surface area contributed by atoms with E-state index in [2.05, 4.69) is 29.7 Å². The molecule has 0 atom stereocenters. The molecule has 116 valence electrons. The Hall–Kier alpha value is -2.94. The van der Waals surface area contributed by atoms with Crippen molar-refractivity contribution in [1.29, 1.82) is 0 Å². The van der Waals surface area contributed by atoms with E-state index in [0.717, 1.165) is 38.9 Å². The second-order valence-electron chi connectivity index (χ2n) is 6.33. The van der Waals surface area contributed by atoms with Crippen LogP contribution >= 0.6 is 0 Å². The molecule has 0 amide bonds. The van der Waals surface area contributed by atoms with E-state index >= 15 is 0 Å². The number of nitrogens with zero attached hydrogens (tertiary/aromatic N) is 1. The van der Waals surface area contributed by atoms with Crippen molar-refractivity contribution in [2.45, 2.75) is 6.92 Å². The average Bonchev–Trinajstić information content (AvgIpc) is 2.57. The molecule has 3 heteroatoms. The first-order chi connectivity index (χ1) is 11.6. The first-order valence-corrected chi connectivity index (χ1v) is 7.96. The van der Waals surface area contributed by atoms with Crippen LogP contribution in [0, 0.1) is 12.7 Å². The molecule has 0 N–H and O–H groups in total. The molecule has 0 unspecified atom stereocenters. The number of pyridine rings is 1. The summed E-state index contributed by atoms with van der Waals surface area (Å²) in [5.74, 6) is 1.39. The summed E-state index contributed by atoms with van der Waals surface area (Å²) in [7, 11) is 2.01. The SMILES string of the molecule is Cc1ccc2cccc3c2c1-c1c(cc2cc(F)ccc2[n+]1C)O3. The molecule has 2 heterocycles. The Morgan fingerprint density at radius 2 is 1.79 bits per heavy atom. The van der Waals surface area contributed by atoms with E-state index in [-0.39, 0.29) is 5.82 Å². The Morgan fingerprint density at radius 3 is 2.67 bits per heavy atom. The number of ether oxygens (including phenoxy) is 1. The van der Waals surface area contributed by atoms with Crippen LogP contribution in [0.3, 0.4) is 0 Å². The van der Waals surface area contributed by atoms with E-state index in [0.29, 0.717) is 0 Å². The van der Waals surface area contributed by atoms with E-state index in [1.807, 2.05) is 31.3 Å². The van der Waals surface area contributed by atoms with E-state index in [4.69, 9.17) is 4.74 Å². The Morgan fingerprint density at radius 1 is 0.917 bits per heavy atom. The molecular weight excluding hydrogens is 301 g/mol. The number of aryl methyl sites for hydroxylation is 2. The van der Waals surface area contributed by atoms with Gasteiger partial charge in [-0.1, -0.05) is 24.3 Å². The smallest absolute Gasteiger partial charge is 0.256 e. The highest BCUT2D eigenvalue weighted by Crippen LogP contribution is 2.46. The fourth-order valence-electron chi connectivity index (χ4n) is 3.77. The molecular formula is C21H15FNO+. The highest BCUT2D eigenvalue weighted by molar-refractivity contribution is 6.04. The van der Waals surface area contributed by atoms with Crippen molar-refractivity contribution in [2.75, 3.05) is 0 Å². The van der Waals surface area contributed by atoms with E-state index < -0.39 is 0 Å². The average molecular weight is 316 g/mol.